The molecule has 2 aromatic carbocycles. The SMILES string of the molecule is Cc1ccc2c(CN3C(=O)c4ccc([N+](=O)[O-])cc4C3=O)cc(=O)oc2c1C. The number of benzene rings is 2. The molecule has 0 atom stereocenters. The molecule has 0 saturated carbocycles. The molecule has 2 heterocycles. The van der Waals surface area contributed by atoms with Crippen molar-refractivity contribution in [1.82, 2.24) is 4.90 Å². The van der Waals surface area contributed by atoms with Gasteiger partial charge in [0, 0.05) is 23.6 Å². The maximum Gasteiger partial charge on any atom is 0.336 e. The Hall–Kier alpha value is -3.81. The van der Waals surface area contributed by atoms with Crippen molar-refractivity contribution >= 4 is 28.5 Å². The summed E-state index contributed by atoms with van der Waals surface area (Å²) in [5, 5.41) is 11.6. The van der Waals surface area contributed by atoms with Crippen LogP contribution in [0.25, 0.3) is 11.0 Å². The van der Waals surface area contributed by atoms with Crippen LogP contribution in [0.3, 0.4) is 0 Å². The van der Waals surface area contributed by atoms with Gasteiger partial charge in [0.2, 0.25) is 0 Å². The van der Waals surface area contributed by atoms with Gasteiger partial charge in [0.05, 0.1) is 22.6 Å². The molecule has 0 radical (unpaired) electrons. The standard InChI is InChI=1S/C20H14N2O6/c1-10-3-5-14-12(7-17(23)28-18(14)11(10)2)9-21-19(24)15-6-4-13(22(26)27)8-16(15)20(21)25/h3-8H,9H2,1-2H3. The third-order valence-corrected chi connectivity index (χ3v) is 5.01. The molecule has 0 aliphatic carbocycles. The highest BCUT2D eigenvalue weighted by molar-refractivity contribution is 6.21. The number of carbonyl (C=O) groups is 2. The van der Waals surface area contributed by atoms with Crippen LogP contribution in [0.15, 0.2) is 45.6 Å². The lowest BCUT2D eigenvalue weighted by Gasteiger charge is -2.15. The lowest BCUT2D eigenvalue weighted by atomic mass is 10.0. The maximum atomic E-state index is 12.7. The Bertz CT molecular complexity index is 1260. The molecule has 1 aliphatic rings. The first kappa shape index (κ1) is 17.6. The summed E-state index contributed by atoms with van der Waals surface area (Å²) in [5.41, 5.74) is 1.87. The van der Waals surface area contributed by atoms with Crippen molar-refractivity contribution in [3.63, 3.8) is 0 Å². The van der Waals surface area contributed by atoms with Gasteiger partial charge in [-0.15, -0.1) is 0 Å². The molecule has 0 N–H and O–H groups in total. The van der Waals surface area contributed by atoms with Crippen LogP contribution in [-0.2, 0) is 6.54 Å². The van der Waals surface area contributed by atoms with E-state index in [4.69, 9.17) is 4.42 Å². The van der Waals surface area contributed by atoms with Crippen molar-refractivity contribution in [1.29, 1.82) is 0 Å². The number of carbonyl (C=O) groups excluding carboxylic acids is 2. The number of nitro groups is 1. The van der Waals surface area contributed by atoms with Gasteiger partial charge in [-0.25, -0.2) is 4.79 Å². The molecule has 8 heteroatoms. The first-order valence-corrected chi connectivity index (χ1v) is 8.45. The van der Waals surface area contributed by atoms with Gasteiger partial charge in [-0.05, 0) is 36.6 Å². The normalized spacial score (nSPS) is 13.3. The molecular weight excluding hydrogens is 364 g/mol. The molecule has 0 saturated heterocycles. The van der Waals surface area contributed by atoms with E-state index in [0.29, 0.717) is 16.5 Å². The summed E-state index contributed by atoms with van der Waals surface area (Å²) in [5.74, 6) is -1.19. The van der Waals surface area contributed by atoms with Crippen molar-refractivity contribution < 1.29 is 18.9 Å². The van der Waals surface area contributed by atoms with E-state index in [1.807, 2.05) is 19.9 Å². The number of hydrogen-bond acceptors (Lipinski definition) is 6. The summed E-state index contributed by atoms with van der Waals surface area (Å²) < 4.78 is 5.32. The minimum absolute atomic E-state index is 0.0153. The average molecular weight is 378 g/mol. The molecule has 0 fully saturated rings. The van der Waals surface area contributed by atoms with Crippen molar-refractivity contribution in [3.8, 4) is 0 Å². The first-order valence-electron chi connectivity index (χ1n) is 8.45. The predicted octanol–water partition coefficient (Wildman–Crippen LogP) is 3.11. The van der Waals surface area contributed by atoms with Crippen LogP contribution >= 0.6 is 0 Å². The van der Waals surface area contributed by atoms with Crippen LogP contribution in [0.1, 0.15) is 37.4 Å². The van der Waals surface area contributed by atoms with Gasteiger partial charge < -0.3 is 4.42 Å². The molecule has 8 nitrogen and oxygen atoms in total. The first-order chi connectivity index (χ1) is 13.3. The third-order valence-electron chi connectivity index (χ3n) is 5.01. The Morgan fingerprint density at radius 1 is 1.00 bits per heavy atom. The molecule has 4 rings (SSSR count). The Morgan fingerprint density at radius 3 is 2.43 bits per heavy atom. The van der Waals surface area contributed by atoms with Gasteiger partial charge in [0.15, 0.2) is 0 Å². The summed E-state index contributed by atoms with van der Waals surface area (Å²) in [7, 11) is 0. The van der Waals surface area contributed by atoms with Crippen LogP contribution in [-0.4, -0.2) is 21.6 Å². The lowest BCUT2D eigenvalue weighted by molar-refractivity contribution is -0.384. The quantitative estimate of drug-likeness (QED) is 0.300. The summed E-state index contributed by atoms with van der Waals surface area (Å²) >= 11 is 0. The van der Waals surface area contributed by atoms with E-state index in [0.717, 1.165) is 22.1 Å². The molecule has 3 aromatic rings. The second-order valence-electron chi connectivity index (χ2n) is 6.66. The fourth-order valence-corrected chi connectivity index (χ4v) is 3.36. The minimum atomic E-state index is -0.631. The zero-order chi connectivity index (χ0) is 20.2. The minimum Gasteiger partial charge on any atom is -0.422 e. The van der Waals surface area contributed by atoms with Crippen LogP contribution < -0.4 is 5.63 Å². The Morgan fingerprint density at radius 2 is 1.71 bits per heavy atom. The van der Waals surface area contributed by atoms with E-state index in [-0.39, 0.29) is 23.4 Å². The zero-order valence-corrected chi connectivity index (χ0v) is 15.0. The fourth-order valence-electron chi connectivity index (χ4n) is 3.36. The van der Waals surface area contributed by atoms with Crippen LogP contribution in [0, 0.1) is 24.0 Å². The Kier molecular flexibility index (Phi) is 3.85. The molecule has 0 spiro atoms. The number of aryl methyl sites for hydroxylation is 2. The highest BCUT2D eigenvalue weighted by Crippen LogP contribution is 2.30. The van der Waals surface area contributed by atoms with E-state index in [9.17, 15) is 24.5 Å². The van der Waals surface area contributed by atoms with Crippen LogP contribution in [0.4, 0.5) is 5.69 Å². The van der Waals surface area contributed by atoms with Crippen molar-refractivity contribution in [2.45, 2.75) is 20.4 Å². The van der Waals surface area contributed by atoms with Gasteiger partial charge in [-0.3, -0.25) is 24.6 Å². The second-order valence-corrected chi connectivity index (χ2v) is 6.66. The maximum absolute atomic E-state index is 12.7. The highest BCUT2D eigenvalue weighted by atomic mass is 16.6. The number of hydrogen-bond donors (Lipinski definition) is 0. The van der Waals surface area contributed by atoms with Crippen LogP contribution in [0.2, 0.25) is 0 Å². The predicted molar refractivity (Wildman–Crippen MR) is 99.3 cm³/mol. The van der Waals surface area contributed by atoms with Crippen molar-refractivity contribution in [2.75, 3.05) is 0 Å². The average Bonchev–Trinajstić information content (AvgIpc) is 2.89. The number of imide groups is 1. The smallest absolute Gasteiger partial charge is 0.336 e. The Balaban J connectivity index is 1.79. The third kappa shape index (κ3) is 2.58. The molecule has 28 heavy (non-hydrogen) atoms. The summed E-state index contributed by atoms with van der Waals surface area (Å²) in [6.45, 7) is 3.58. The van der Waals surface area contributed by atoms with Gasteiger partial charge in [0.1, 0.15) is 5.58 Å². The van der Waals surface area contributed by atoms with E-state index >= 15 is 0 Å². The number of nitro benzene ring substituents is 1. The Labute approximate surface area is 158 Å². The summed E-state index contributed by atoms with van der Waals surface area (Å²) in [6, 6.07) is 8.46. The molecule has 0 bridgehead atoms. The van der Waals surface area contributed by atoms with Gasteiger partial charge in [-0.1, -0.05) is 12.1 Å². The molecule has 1 aliphatic heterocycles. The van der Waals surface area contributed by atoms with E-state index in [1.54, 1.807) is 6.07 Å². The topological polar surface area (TPSA) is 111 Å². The fraction of sp³-hybridized carbons (Fsp3) is 0.150. The van der Waals surface area contributed by atoms with E-state index < -0.39 is 22.4 Å². The number of nitrogens with zero attached hydrogens (tertiary/aromatic N) is 2. The monoisotopic (exact) mass is 378 g/mol. The number of fused-ring (bicyclic) bond motifs is 2. The molecular formula is C20H14N2O6. The van der Waals surface area contributed by atoms with Gasteiger partial charge >= 0.3 is 5.63 Å². The molecule has 2 amide bonds. The molecule has 0 unspecified atom stereocenters. The van der Waals surface area contributed by atoms with Gasteiger partial charge in [-0.2, -0.15) is 0 Å². The van der Waals surface area contributed by atoms with E-state index in [1.165, 1.54) is 18.2 Å². The van der Waals surface area contributed by atoms with Gasteiger partial charge in [0.25, 0.3) is 17.5 Å². The second kappa shape index (κ2) is 6.12. The summed E-state index contributed by atoms with van der Waals surface area (Å²) in [6.07, 6.45) is 0. The van der Waals surface area contributed by atoms with Crippen LogP contribution in [0.5, 0.6) is 0 Å². The number of non-ortho nitro benzene ring substituents is 1. The lowest BCUT2D eigenvalue weighted by Crippen LogP contribution is -2.29. The number of rotatable bonds is 3. The molecule has 1 aromatic heterocycles. The zero-order valence-electron chi connectivity index (χ0n) is 15.0. The van der Waals surface area contributed by atoms with Crippen molar-refractivity contribution in [3.05, 3.63) is 84.7 Å². The number of amides is 2. The van der Waals surface area contributed by atoms with E-state index in [2.05, 4.69) is 0 Å². The van der Waals surface area contributed by atoms with Crippen molar-refractivity contribution in [2.24, 2.45) is 0 Å². The largest absolute Gasteiger partial charge is 0.422 e. The molecule has 140 valence electrons. The highest BCUT2D eigenvalue weighted by Gasteiger charge is 2.37. The summed E-state index contributed by atoms with van der Waals surface area (Å²) in [4.78, 5) is 48.7.